The van der Waals surface area contributed by atoms with E-state index in [1.165, 1.54) is 0 Å². The maximum absolute atomic E-state index is 13.4. The highest BCUT2D eigenvalue weighted by Gasteiger charge is 2.45. The van der Waals surface area contributed by atoms with Gasteiger partial charge in [0.1, 0.15) is 5.69 Å². The van der Waals surface area contributed by atoms with E-state index >= 15 is 0 Å². The Morgan fingerprint density at radius 1 is 1.12 bits per heavy atom. The first-order valence-electron chi connectivity index (χ1n) is 10.8. The number of ether oxygens (including phenoxy) is 1. The summed E-state index contributed by atoms with van der Waals surface area (Å²) in [6.45, 7) is 4.74. The second-order valence-corrected chi connectivity index (χ2v) is 7.86. The van der Waals surface area contributed by atoms with E-state index in [-0.39, 0.29) is 25.0 Å². The molecule has 0 saturated carbocycles. The summed E-state index contributed by atoms with van der Waals surface area (Å²) in [5, 5.41) is 2.87. The quantitative estimate of drug-likeness (QED) is 0.569. The third-order valence-corrected chi connectivity index (χ3v) is 5.64. The number of rotatable bonds is 7. The summed E-state index contributed by atoms with van der Waals surface area (Å²) in [6, 6.07) is 16.9. The molecule has 2 aromatic heterocycles. The molecule has 7 nitrogen and oxygen atoms in total. The largest absolute Gasteiger partial charge is 0.361 e. The number of pyridine rings is 2. The Morgan fingerprint density at radius 3 is 2.73 bits per heavy atom. The van der Waals surface area contributed by atoms with Gasteiger partial charge >= 0.3 is 0 Å². The van der Waals surface area contributed by atoms with Gasteiger partial charge in [-0.25, -0.2) is 0 Å². The van der Waals surface area contributed by atoms with E-state index < -0.39 is 5.60 Å². The van der Waals surface area contributed by atoms with Crippen LogP contribution >= 0.6 is 0 Å². The molecule has 1 aliphatic heterocycles. The molecule has 3 heterocycles. The fourth-order valence-corrected chi connectivity index (χ4v) is 4.05. The molecule has 1 N–H and O–H groups in total. The number of hydrogen-bond acceptors (Lipinski definition) is 5. The summed E-state index contributed by atoms with van der Waals surface area (Å²) < 4.78 is 6.16. The molecule has 0 unspecified atom stereocenters. The van der Waals surface area contributed by atoms with Crippen molar-refractivity contribution in [1.29, 1.82) is 0 Å². The Morgan fingerprint density at radius 2 is 1.97 bits per heavy atom. The summed E-state index contributed by atoms with van der Waals surface area (Å²) in [5.41, 5.74) is 1.96. The number of carbonyl (C=O) groups is 2. The summed E-state index contributed by atoms with van der Waals surface area (Å²) in [4.78, 5) is 36.6. The van der Waals surface area contributed by atoms with Gasteiger partial charge in [0.2, 0.25) is 0 Å². The molecule has 0 radical (unpaired) electrons. The molecule has 0 spiro atoms. The van der Waals surface area contributed by atoms with Crippen molar-refractivity contribution in [2.24, 2.45) is 0 Å². The van der Waals surface area contributed by atoms with Gasteiger partial charge in [-0.2, -0.15) is 0 Å². The van der Waals surface area contributed by atoms with Crippen LogP contribution in [0.1, 0.15) is 16.1 Å². The molecule has 4 rings (SSSR count). The number of hydrogen-bond donors (Lipinski definition) is 1. The summed E-state index contributed by atoms with van der Waals surface area (Å²) in [6.07, 6.45) is 7.02. The Bertz CT molecular complexity index is 1120. The zero-order valence-corrected chi connectivity index (χ0v) is 18.3. The smallest absolute Gasteiger partial charge is 0.272 e. The Balaban J connectivity index is 1.68. The molecule has 7 heteroatoms. The third-order valence-electron chi connectivity index (χ3n) is 5.64. The molecule has 2 amide bonds. The molecule has 1 saturated heterocycles. The number of morpholine rings is 1. The van der Waals surface area contributed by atoms with E-state index in [0.717, 1.165) is 16.7 Å². The van der Waals surface area contributed by atoms with E-state index in [1.807, 2.05) is 36.4 Å². The van der Waals surface area contributed by atoms with E-state index in [4.69, 9.17) is 4.74 Å². The van der Waals surface area contributed by atoms with Gasteiger partial charge in [0, 0.05) is 43.7 Å². The Labute approximate surface area is 193 Å². The first kappa shape index (κ1) is 22.4. The third kappa shape index (κ3) is 4.99. The Kier molecular flexibility index (Phi) is 6.90. The minimum atomic E-state index is -1.25. The fraction of sp³-hybridized carbons (Fsp3) is 0.231. The topological polar surface area (TPSA) is 84.4 Å². The van der Waals surface area contributed by atoms with Crippen LogP contribution in [-0.4, -0.2) is 58.5 Å². The molecule has 0 bridgehead atoms. The highest BCUT2D eigenvalue weighted by molar-refractivity contribution is 5.94. The standard InChI is InChI=1S/C26H26N4O3/c1-2-12-29-25(32)26(17-20-8-3-4-10-22(20)21-9-7-13-27-18-21)19-30(15-16-33-26)24(31)23-11-5-6-14-28-23/h2-11,13-14,18H,1,12,15-17,19H2,(H,29,32)/t26-/m1/s1. The average molecular weight is 443 g/mol. The summed E-state index contributed by atoms with van der Waals surface area (Å²) in [7, 11) is 0. The molecule has 3 aromatic rings. The van der Waals surface area contributed by atoms with Crippen LogP contribution in [0.15, 0.2) is 85.8 Å². The first-order valence-corrected chi connectivity index (χ1v) is 10.8. The molecule has 0 aliphatic carbocycles. The Hall–Kier alpha value is -3.84. The first-order chi connectivity index (χ1) is 16.1. The number of carbonyl (C=O) groups excluding carboxylic acids is 2. The second-order valence-electron chi connectivity index (χ2n) is 7.86. The molecule has 168 valence electrons. The fourth-order valence-electron chi connectivity index (χ4n) is 4.05. The van der Waals surface area contributed by atoms with Crippen molar-refractivity contribution >= 4 is 11.8 Å². The molecule has 1 aliphatic rings. The SMILES string of the molecule is C=CCNC(=O)[C@@]1(Cc2ccccc2-c2cccnc2)CN(C(=O)c2ccccn2)CCO1. The average Bonchev–Trinajstić information content (AvgIpc) is 2.88. The minimum absolute atomic E-state index is 0.118. The van der Waals surface area contributed by atoms with Crippen LogP contribution < -0.4 is 5.32 Å². The minimum Gasteiger partial charge on any atom is -0.361 e. The molecular formula is C26H26N4O3. The maximum Gasteiger partial charge on any atom is 0.272 e. The van der Waals surface area contributed by atoms with Gasteiger partial charge < -0.3 is 15.0 Å². The van der Waals surface area contributed by atoms with Crippen LogP contribution in [0.25, 0.3) is 11.1 Å². The zero-order chi connectivity index (χ0) is 23.1. The molecule has 1 fully saturated rings. The van der Waals surface area contributed by atoms with Crippen LogP contribution in [0.5, 0.6) is 0 Å². The lowest BCUT2D eigenvalue weighted by Gasteiger charge is -2.41. The van der Waals surface area contributed by atoms with Crippen LogP contribution in [0.4, 0.5) is 0 Å². The van der Waals surface area contributed by atoms with E-state index in [1.54, 1.807) is 47.8 Å². The van der Waals surface area contributed by atoms with Gasteiger partial charge in [0.05, 0.1) is 13.2 Å². The zero-order valence-electron chi connectivity index (χ0n) is 18.3. The van der Waals surface area contributed by atoms with E-state index in [9.17, 15) is 9.59 Å². The maximum atomic E-state index is 13.4. The predicted molar refractivity (Wildman–Crippen MR) is 125 cm³/mol. The van der Waals surface area contributed by atoms with Gasteiger partial charge in [-0.05, 0) is 29.3 Å². The van der Waals surface area contributed by atoms with Gasteiger partial charge in [0.15, 0.2) is 5.60 Å². The van der Waals surface area contributed by atoms with Crippen molar-refractivity contribution in [3.8, 4) is 11.1 Å². The van der Waals surface area contributed by atoms with Crippen LogP contribution in [0, 0.1) is 0 Å². The highest BCUT2D eigenvalue weighted by Crippen LogP contribution is 2.30. The van der Waals surface area contributed by atoms with Crippen LogP contribution in [-0.2, 0) is 16.0 Å². The monoisotopic (exact) mass is 442 g/mol. The number of nitrogens with one attached hydrogen (secondary N) is 1. The van der Waals surface area contributed by atoms with Gasteiger partial charge in [0.25, 0.3) is 11.8 Å². The van der Waals surface area contributed by atoms with Crippen molar-refractivity contribution in [3.63, 3.8) is 0 Å². The van der Waals surface area contributed by atoms with Crippen LogP contribution in [0.2, 0.25) is 0 Å². The number of amides is 2. The molecule has 33 heavy (non-hydrogen) atoms. The number of nitrogens with zero attached hydrogens (tertiary/aromatic N) is 3. The van der Waals surface area contributed by atoms with Crippen LogP contribution in [0.3, 0.4) is 0 Å². The van der Waals surface area contributed by atoms with Crippen molar-refractivity contribution in [2.75, 3.05) is 26.2 Å². The number of benzene rings is 1. The lowest BCUT2D eigenvalue weighted by molar-refractivity contribution is -0.157. The lowest BCUT2D eigenvalue weighted by atomic mass is 9.87. The van der Waals surface area contributed by atoms with E-state index in [0.29, 0.717) is 25.2 Å². The van der Waals surface area contributed by atoms with Crippen molar-refractivity contribution < 1.29 is 14.3 Å². The molecule has 1 atom stereocenters. The number of aromatic nitrogens is 2. The predicted octanol–water partition coefficient (Wildman–Crippen LogP) is 2.90. The van der Waals surface area contributed by atoms with Crippen molar-refractivity contribution in [1.82, 2.24) is 20.2 Å². The molecular weight excluding hydrogens is 416 g/mol. The summed E-state index contributed by atoms with van der Waals surface area (Å²) >= 11 is 0. The normalized spacial score (nSPS) is 17.9. The van der Waals surface area contributed by atoms with Gasteiger partial charge in [-0.1, -0.05) is 42.5 Å². The van der Waals surface area contributed by atoms with Crippen molar-refractivity contribution in [3.05, 3.63) is 97.1 Å². The van der Waals surface area contributed by atoms with E-state index in [2.05, 4.69) is 21.9 Å². The second kappa shape index (κ2) is 10.2. The van der Waals surface area contributed by atoms with Crippen molar-refractivity contribution in [2.45, 2.75) is 12.0 Å². The lowest BCUT2D eigenvalue weighted by Crippen LogP contribution is -2.62. The summed E-state index contributed by atoms with van der Waals surface area (Å²) in [5.74, 6) is -0.498. The molecule has 1 aromatic carbocycles. The highest BCUT2D eigenvalue weighted by atomic mass is 16.5. The van der Waals surface area contributed by atoms with Gasteiger partial charge in [-0.3, -0.25) is 19.6 Å². The van der Waals surface area contributed by atoms with Gasteiger partial charge in [-0.15, -0.1) is 6.58 Å².